The number of rotatable bonds is 10. The molecular weight excluding hydrogens is 476 g/mol. The van der Waals surface area contributed by atoms with Gasteiger partial charge in [-0.25, -0.2) is 8.42 Å². The number of carbonyl (C=O) groups is 1. The molecule has 3 rings (SSSR count). The molecule has 33 heavy (non-hydrogen) atoms. The second-order valence-electron chi connectivity index (χ2n) is 7.70. The quantitative estimate of drug-likeness (QED) is 0.387. The number of hydrogen-bond donors (Lipinski definition) is 1. The molecule has 0 saturated heterocycles. The number of amides is 1. The Labute approximate surface area is 205 Å². The maximum absolute atomic E-state index is 13.4. The van der Waals surface area contributed by atoms with Crippen LogP contribution in [0.5, 0.6) is 0 Å². The lowest BCUT2D eigenvalue weighted by Crippen LogP contribution is -2.41. The Morgan fingerprint density at radius 3 is 2.39 bits per heavy atom. The van der Waals surface area contributed by atoms with Gasteiger partial charge in [-0.2, -0.15) is 11.8 Å². The second-order valence-corrected chi connectivity index (χ2v) is 11.1. The number of aryl methyl sites for hydroxylation is 2. The van der Waals surface area contributed by atoms with Gasteiger partial charge in [0.2, 0.25) is 5.91 Å². The molecule has 0 atom stereocenters. The summed E-state index contributed by atoms with van der Waals surface area (Å²) in [5, 5.41) is 3.22. The number of nitrogens with zero attached hydrogens (tertiary/aromatic N) is 1. The van der Waals surface area contributed by atoms with Crippen molar-refractivity contribution in [2.75, 3.05) is 23.1 Å². The number of benzene rings is 3. The fourth-order valence-corrected chi connectivity index (χ4v) is 5.63. The van der Waals surface area contributed by atoms with Gasteiger partial charge in [-0.3, -0.25) is 9.10 Å². The molecule has 0 fully saturated rings. The zero-order valence-electron chi connectivity index (χ0n) is 18.6. The Bertz CT molecular complexity index is 1200. The normalized spacial score (nSPS) is 11.2. The summed E-state index contributed by atoms with van der Waals surface area (Å²) in [6.45, 7) is 4.06. The van der Waals surface area contributed by atoms with Crippen LogP contribution < -0.4 is 9.62 Å². The van der Waals surface area contributed by atoms with E-state index in [1.807, 2.05) is 13.0 Å². The van der Waals surface area contributed by atoms with Gasteiger partial charge in [0, 0.05) is 23.1 Å². The van der Waals surface area contributed by atoms with Gasteiger partial charge in [0.1, 0.15) is 6.54 Å². The number of halogens is 1. The highest BCUT2D eigenvalue weighted by atomic mass is 35.5. The number of sulfonamides is 1. The van der Waals surface area contributed by atoms with E-state index in [1.165, 1.54) is 17.2 Å². The van der Waals surface area contributed by atoms with Crippen LogP contribution in [0, 0.1) is 13.8 Å². The molecule has 3 aromatic rings. The molecular formula is C25H27ClN2O3S2. The Balaban J connectivity index is 1.64. The molecule has 0 saturated carbocycles. The first-order chi connectivity index (χ1) is 15.8. The van der Waals surface area contributed by atoms with Crippen LogP contribution >= 0.6 is 23.4 Å². The highest BCUT2D eigenvalue weighted by molar-refractivity contribution is 7.98. The number of anilines is 1. The van der Waals surface area contributed by atoms with Crippen LogP contribution in [0.3, 0.4) is 0 Å². The van der Waals surface area contributed by atoms with E-state index in [2.05, 4.69) is 30.4 Å². The maximum Gasteiger partial charge on any atom is 0.264 e. The van der Waals surface area contributed by atoms with E-state index in [0.29, 0.717) is 17.3 Å². The van der Waals surface area contributed by atoms with Gasteiger partial charge >= 0.3 is 0 Å². The average Bonchev–Trinajstić information content (AvgIpc) is 2.77. The number of thioether (sulfide) groups is 1. The van der Waals surface area contributed by atoms with Gasteiger partial charge in [-0.1, -0.05) is 65.2 Å². The topological polar surface area (TPSA) is 66.5 Å². The van der Waals surface area contributed by atoms with E-state index in [0.717, 1.165) is 21.4 Å². The first-order valence-electron chi connectivity index (χ1n) is 10.5. The van der Waals surface area contributed by atoms with Crippen molar-refractivity contribution >= 4 is 45.0 Å². The van der Waals surface area contributed by atoms with Crippen LogP contribution in [0.2, 0.25) is 5.02 Å². The Morgan fingerprint density at radius 1 is 0.970 bits per heavy atom. The van der Waals surface area contributed by atoms with E-state index < -0.39 is 10.0 Å². The van der Waals surface area contributed by atoms with Gasteiger partial charge in [-0.15, -0.1) is 0 Å². The van der Waals surface area contributed by atoms with Gasteiger partial charge in [0.15, 0.2) is 0 Å². The molecule has 0 spiro atoms. The molecule has 5 nitrogen and oxygen atoms in total. The molecule has 1 amide bonds. The third-order valence-corrected chi connectivity index (χ3v) is 7.97. The average molecular weight is 503 g/mol. The van der Waals surface area contributed by atoms with Crippen molar-refractivity contribution in [3.63, 3.8) is 0 Å². The molecule has 0 aromatic heterocycles. The van der Waals surface area contributed by atoms with Crippen LogP contribution in [-0.4, -0.2) is 33.2 Å². The van der Waals surface area contributed by atoms with Gasteiger partial charge in [0.05, 0.1) is 10.6 Å². The standard InChI is InChI=1S/C25H27ClN2O3S2/c1-19-9-11-24(12-10-19)33(30,31)28(23-8-4-7-22(26)16-23)17-25(29)27-13-14-32-18-21-6-3-5-20(2)15-21/h3-12,15-16H,13-14,17-18H2,1-2H3,(H,27,29). The van der Waals surface area contributed by atoms with Crippen molar-refractivity contribution in [1.29, 1.82) is 0 Å². The minimum Gasteiger partial charge on any atom is -0.354 e. The minimum absolute atomic E-state index is 0.120. The summed E-state index contributed by atoms with van der Waals surface area (Å²) in [5.74, 6) is 1.21. The first kappa shape index (κ1) is 25.1. The van der Waals surface area contributed by atoms with E-state index >= 15 is 0 Å². The molecule has 0 unspecified atom stereocenters. The highest BCUT2D eigenvalue weighted by Crippen LogP contribution is 2.26. The van der Waals surface area contributed by atoms with Crippen molar-refractivity contribution < 1.29 is 13.2 Å². The van der Waals surface area contributed by atoms with Crippen molar-refractivity contribution in [2.24, 2.45) is 0 Å². The monoisotopic (exact) mass is 502 g/mol. The van der Waals surface area contributed by atoms with Crippen molar-refractivity contribution in [2.45, 2.75) is 24.5 Å². The van der Waals surface area contributed by atoms with Gasteiger partial charge < -0.3 is 5.32 Å². The highest BCUT2D eigenvalue weighted by Gasteiger charge is 2.27. The predicted molar refractivity (Wildman–Crippen MR) is 138 cm³/mol. The molecule has 1 N–H and O–H groups in total. The SMILES string of the molecule is Cc1ccc(S(=O)(=O)N(CC(=O)NCCSCc2cccc(C)c2)c2cccc(Cl)c2)cc1. The van der Waals surface area contributed by atoms with Crippen LogP contribution in [0.1, 0.15) is 16.7 Å². The summed E-state index contributed by atoms with van der Waals surface area (Å²) in [4.78, 5) is 12.8. The van der Waals surface area contributed by atoms with Crippen LogP contribution in [0.15, 0.2) is 77.7 Å². The first-order valence-corrected chi connectivity index (χ1v) is 13.5. The van der Waals surface area contributed by atoms with E-state index in [1.54, 1.807) is 54.2 Å². The molecule has 8 heteroatoms. The fourth-order valence-electron chi connectivity index (χ4n) is 3.22. The third-order valence-electron chi connectivity index (χ3n) is 4.91. The lowest BCUT2D eigenvalue weighted by Gasteiger charge is -2.24. The molecule has 0 aliphatic carbocycles. The Kier molecular flexibility index (Phi) is 8.83. The van der Waals surface area contributed by atoms with Crippen molar-refractivity contribution in [3.05, 3.63) is 94.5 Å². The smallest absolute Gasteiger partial charge is 0.264 e. The summed E-state index contributed by atoms with van der Waals surface area (Å²) in [6, 6.07) is 21.4. The van der Waals surface area contributed by atoms with E-state index in [9.17, 15) is 13.2 Å². The third kappa shape index (κ3) is 7.25. The predicted octanol–water partition coefficient (Wildman–Crippen LogP) is 5.20. The van der Waals surface area contributed by atoms with Gasteiger partial charge in [-0.05, 0) is 49.7 Å². The summed E-state index contributed by atoms with van der Waals surface area (Å²) in [5.41, 5.74) is 3.75. The number of nitrogens with one attached hydrogen (secondary N) is 1. The zero-order valence-corrected chi connectivity index (χ0v) is 21.0. The molecule has 0 aliphatic rings. The summed E-state index contributed by atoms with van der Waals surface area (Å²) >= 11 is 7.81. The second kappa shape index (κ2) is 11.6. The largest absolute Gasteiger partial charge is 0.354 e. The van der Waals surface area contributed by atoms with Crippen LogP contribution in [0.4, 0.5) is 5.69 Å². The van der Waals surface area contributed by atoms with Crippen LogP contribution in [-0.2, 0) is 20.6 Å². The van der Waals surface area contributed by atoms with Crippen LogP contribution in [0.25, 0.3) is 0 Å². The van der Waals surface area contributed by atoms with E-state index in [-0.39, 0.29) is 17.3 Å². The zero-order chi connectivity index (χ0) is 23.8. The Morgan fingerprint density at radius 2 is 1.70 bits per heavy atom. The minimum atomic E-state index is -3.95. The number of carbonyl (C=O) groups excluding carboxylic acids is 1. The summed E-state index contributed by atoms with van der Waals surface area (Å²) in [7, 11) is -3.95. The van der Waals surface area contributed by atoms with Crippen molar-refractivity contribution in [1.82, 2.24) is 5.32 Å². The molecule has 0 radical (unpaired) electrons. The molecule has 0 heterocycles. The summed E-state index contributed by atoms with van der Waals surface area (Å²) < 4.78 is 27.8. The van der Waals surface area contributed by atoms with Crippen molar-refractivity contribution in [3.8, 4) is 0 Å². The molecule has 0 aliphatic heterocycles. The lowest BCUT2D eigenvalue weighted by atomic mass is 10.2. The molecule has 174 valence electrons. The molecule has 3 aromatic carbocycles. The van der Waals surface area contributed by atoms with E-state index in [4.69, 9.17) is 11.6 Å². The number of hydrogen-bond acceptors (Lipinski definition) is 4. The van der Waals surface area contributed by atoms with Gasteiger partial charge in [0.25, 0.3) is 10.0 Å². The lowest BCUT2D eigenvalue weighted by molar-refractivity contribution is -0.119. The molecule has 0 bridgehead atoms. The Hall–Kier alpha value is -2.48. The fraction of sp³-hybridized carbons (Fsp3) is 0.240. The maximum atomic E-state index is 13.4. The summed E-state index contributed by atoms with van der Waals surface area (Å²) in [6.07, 6.45) is 0.